The van der Waals surface area contributed by atoms with Gasteiger partial charge in [-0.25, -0.2) is 19.3 Å². The molecule has 0 aliphatic rings. The van der Waals surface area contributed by atoms with Crippen LogP contribution in [0.5, 0.6) is 0 Å². The Balaban J connectivity index is 1.78. The van der Waals surface area contributed by atoms with Crippen LogP contribution in [0.4, 0.5) is 5.82 Å². The Morgan fingerprint density at radius 3 is 2.68 bits per heavy atom. The zero-order chi connectivity index (χ0) is 24.4. The number of nitrogens with two attached hydrogens (primary N) is 1. The van der Waals surface area contributed by atoms with Crippen molar-refractivity contribution in [2.45, 2.75) is 32.0 Å². The van der Waals surface area contributed by atoms with Gasteiger partial charge in [0.15, 0.2) is 10.9 Å². The molecule has 0 radical (unpaired) electrons. The second-order valence-corrected chi connectivity index (χ2v) is 8.57. The highest BCUT2D eigenvalue weighted by Crippen LogP contribution is 2.22. The molecule has 0 atom stereocenters. The van der Waals surface area contributed by atoms with Crippen molar-refractivity contribution in [3.8, 4) is 5.82 Å². The van der Waals surface area contributed by atoms with Gasteiger partial charge in [0.1, 0.15) is 17.2 Å². The van der Waals surface area contributed by atoms with Crippen LogP contribution in [0.25, 0.3) is 16.7 Å². The van der Waals surface area contributed by atoms with Crippen molar-refractivity contribution in [2.24, 2.45) is 0 Å². The standard InChI is InChI=1S/C23H22N6O4S/c1-3-10-28-19(24)18(20(31)27-22(28)33)16(30)12-34-23-26-15-7-5-4-6-14(15)21(32)29(23)17-11-13(2)8-9-25-17/h4-9,11H,3,10,12,24H2,1-2H3,(H,27,31,33). The van der Waals surface area contributed by atoms with E-state index in [0.717, 1.165) is 17.3 Å². The van der Waals surface area contributed by atoms with Gasteiger partial charge in [0.25, 0.3) is 11.1 Å². The molecule has 11 heteroatoms. The first-order valence-corrected chi connectivity index (χ1v) is 11.5. The van der Waals surface area contributed by atoms with E-state index in [1.807, 2.05) is 13.8 Å². The minimum Gasteiger partial charge on any atom is -0.384 e. The molecule has 0 amide bonds. The fraction of sp³-hybridized carbons (Fsp3) is 0.217. The summed E-state index contributed by atoms with van der Waals surface area (Å²) in [6.07, 6.45) is 2.18. The number of Topliss-reactive ketones (excluding diaryl/α,β-unsaturated/α-hetero) is 1. The summed E-state index contributed by atoms with van der Waals surface area (Å²) in [5.74, 6) is -0.619. The number of hydrogen-bond donors (Lipinski definition) is 2. The molecular weight excluding hydrogens is 456 g/mol. The van der Waals surface area contributed by atoms with Crippen molar-refractivity contribution >= 4 is 34.3 Å². The number of carbonyl (C=O) groups excluding carboxylic acids is 1. The molecule has 0 fully saturated rings. The van der Waals surface area contributed by atoms with Gasteiger partial charge >= 0.3 is 5.69 Å². The largest absolute Gasteiger partial charge is 0.384 e. The summed E-state index contributed by atoms with van der Waals surface area (Å²) in [7, 11) is 0. The summed E-state index contributed by atoms with van der Waals surface area (Å²) < 4.78 is 2.51. The van der Waals surface area contributed by atoms with Crippen molar-refractivity contribution in [1.82, 2.24) is 24.1 Å². The lowest BCUT2D eigenvalue weighted by Gasteiger charge is -2.13. The molecule has 34 heavy (non-hydrogen) atoms. The van der Waals surface area contributed by atoms with Crippen LogP contribution in [0.3, 0.4) is 0 Å². The van der Waals surface area contributed by atoms with Crippen LogP contribution in [0.2, 0.25) is 0 Å². The molecular formula is C23H22N6O4S. The molecule has 174 valence electrons. The Kier molecular flexibility index (Phi) is 6.46. The van der Waals surface area contributed by atoms with E-state index in [1.54, 1.807) is 42.6 Å². The average molecular weight is 479 g/mol. The lowest BCUT2D eigenvalue weighted by Crippen LogP contribution is -2.36. The van der Waals surface area contributed by atoms with Crippen molar-refractivity contribution in [1.29, 1.82) is 0 Å². The van der Waals surface area contributed by atoms with Gasteiger partial charge < -0.3 is 5.73 Å². The number of nitrogen functional groups attached to an aromatic ring is 1. The number of H-pyrrole nitrogens is 1. The number of nitrogens with one attached hydrogen (secondary N) is 1. The van der Waals surface area contributed by atoms with Gasteiger partial charge in [0.2, 0.25) is 0 Å². The van der Waals surface area contributed by atoms with Crippen LogP contribution in [-0.4, -0.2) is 35.6 Å². The van der Waals surface area contributed by atoms with Crippen LogP contribution in [0.1, 0.15) is 29.3 Å². The maximum atomic E-state index is 13.3. The topological polar surface area (TPSA) is 146 Å². The average Bonchev–Trinajstić information content (AvgIpc) is 2.80. The quantitative estimate of drug-likeness (QED) is 0.233. The molecule has 0 bridgehead atoms. The van der Waals surface area contributed by atoms with Gasteiger partial charge in [-0.2, -0.15) is 0 Å². The summed E-state index contributed by atoms with van der Waals surface area (Å²) in [4.78, 5) is 61.8. The van der Waals surface area contributed by atoms with Gasteiger partial charge in [-0.05, 0) is 43.2 Å². The van der Waals surface area contributed by atoms with Crippen LogP contribution in [0.15, 0.2) is 62.1 Å². The molecule has 0 aliphatic heterocycles. The molecule has 3 aromatic heterocycles. The lowest BCUT2D eigenvalue weighted by atomic mass is 10.2. The van der Waals surface area contributed by atoms with Gasteiger partial charge in [0.05, 0.1) is 16.7 Å². The fourth-order valence-electron chi connectivity index (χ4n) is 3.56. The molecule has 3 N–H and O–H groups in total. The van der Waals surface area contributed by atoms with E-state index < -0.39 is 17.0 Å². The third-order valence-corrected chi connectivity index (χ3v) is 6.11. The smallest absolute Gasteiger partial charge is 0.329 e. The molecule has 0 saturated carbocycles. The zero-order valence-electron chi connectivity index (χ0n) is 18.6. The number of carbonyl (C=O) groups is 1. The minimum atomic E-state index is -0.843. The maximum Gasteiger partial charge on any atom is 0.329 e. The first-order valence-electron chi connectivity index (χ1n) is 10.5. The Labute approximate surface area is 197 Å². The minimum absolute atomic E-state index is 0.176. The number of para-hydroxylation sites is 1. The number of rotatable bonds is 7. The molecule has 0 unspecified atom stereocenters. The van der Waals surface area contributed by atoms with E-state index in [9.17, 15) is 19.2 Å². The van der Waals surface area contributed by atoms with Gasteiger partial charge in [-0.3, -0.25) is 23.9 Å². The fourth-order valence-corrected chi connectivity index (χ4v) is 4.43. The molecule has 4 rings (SSSR count). The number of pyridine rings is 1. The number of anilines is 1. The number of ketones is 1. The molecule has 3 heterocycles. The molecule has 1 aromatic carbocycles. The van der Waals surface area contributed by atoms with E-state index >= 15 is 0 Å². The van der Waals surface area contributed by atoms with Crippen molar-refractivity contribution in [3.05, 3.63) is 84.9 Å². The second kappa shape index (κ2) is 9.48. The zero-order valence-corrected chi connectivity index (χ0v) is 19.4. The maximum absolute atomic E-state index is 13.3. The first-order chi connectivity index (χ1) is 16.3. The Morgan fingerprint density at radius 2 is 1.94 bits per heavy atom. The number of aromatic nitrogens is 5. The third kappa shape index (κ3) is 4.29. The van der Waals surface area contributed by atoms with E-state index in [4.69, 9.17) is 5.73 Å². The first kappa shape index (κ1) is 23.2. The number of nitrogens with zero attached hydrogens (tertiary/aromatic N) is 4. The third-order valence-electron chi connectivity index (χ3n) is 5.17. The highest BCUT2D eigenvalue weighted by molar-refractivity contribution is 7.99. The predicted octanol–water partition coefficient (Wildman–Crippen LogP) is 1.91. The number of aromatic amines is 1. The number of aryl methyl sites for hydroxylation is 1. The van der Waals surface area contributed by atoms with Crippen molar-refractivity contribution < 1.29 is 4.79 Å². The number of thioether (sulfide) groups is 1. The summed E-state index contributed by atoms with van der Waals surface area (Å²) in [5.41, 5.74) is 5.26. The van der Waals surface area contributed by atoms with E-state index in [2.05, 4.69) is 15.0 Å². The number of benzene rings is 1. The Bertz CT molecular complexity index is 1590. The van der Waals surface area contributed by atoms with E-state index in [0.29, 0.717) is 23.1 Å². The predicted molar refractivity (Wildman–Crippen MR) is 131 cm³/mol. The van der Waals surface area contributed by atoms with Crippen molar-refractivity contribution in [3.63, 3.8) is 0 Å². The monoisotopic (exact) mass is 478 g/mol. The molecule has 10 nitrogen and oxygen atoms in total. The van der Waals surface area contributed by atoms with Crippen LogP contribution >= 0.6 is 11.8 Å². The van der Waals surface area contributed by atoms with Gasteiger partial charge in [-0.1, -0.05) is 30.8 Å². The highest BCUT2D eigenvalue weighted by Gasteiger charge is 2.21. The highest BCUT2D eigenvalue weighted by atomic mass is 32.2. The van der Waals surface area contributed by atoms with Gasteiger partial charge in [-0.15, -0.1) is 0 Å². The summed E-state index contributed by atoms with van der Waals surface area (Å²) in [5, 5.41) is 0.654. The lowest BCUT2D eigenvalue weighted by molar-refractivity contribution is 0.102. The number of fused-ring (bicyclic) bond motifs is 1. The summed E-state index contributed by atoms with van der Waals surface area (Å²) >= 11 is 0.987. The summed E-state index contributed by atoms with van der Waals surface area (Å²) in [6, 6.07) is 10.4. The van der Waals surface area contributed by atoms with Crippen molar-refractivity contribution in [2.75, 3.05) is 11.5 Å². The Morgan fingerprint density at radius 1 is 1.18 bits per heavy atom. The van der Waals surface area contributed by atoms with Gasteiger partial charge in [0, 0.05) is 12.7 Å². The summed E-state index contributed by atoms with van der Waals surface area (Å²) in [6.45, 7) is 3.99. The van der Waals surface area contributed by atoms with Crippen LogP contribution in [-0.2, 0) is 6.54 Å². The molecule has 0 spiro atoms. The normalized spacial score (nSPS) is 11.1. The van der Waals surface area contributed by atoms with E-state index in [1.165, 1.54) is 9.13 Å². The van der Waals surface area contributed by atoms with Crippen LogP contribution < -0.4 is 22.5 Å². The number of hydrogen-bond acceptors (Lipinski definition) is 8. The molecule has 0 saturated heterocycles. The molecule has 4 aromatic rings. The molecule has 0 aliphatic carbocycles. The SMILES string of the molecule is CCCn1c(N)c(C(=O)CSc2nc3ccccc3c(=O)n2-c2cc(C)ccn2)c(=O)[nH]c1=O. The van der Waals surface area contributed by atoms with E-state index in [-0.39, 0.29) is 34.4 Å². The van der Waals surface area contributed by atoms with Crippen LogP contribution in [0, 0.1) is 6.92 Å². The second-order valence-electron chi connectivity index (χ2n) is 7.63. The Hall–Kier alpha value is -3.99.